The minimum Gasteiger partial charge on any atom is -0.493 e. The Labute approximate surface area is 191 Å². The summed E-state index contributed by atoms with van der Waals surface area (Å²) in [6.45, 7) is 1.63. The highest BCUT2D eigenvalue weighted by molar-refractivity contribution is 8.04. The van der Waals surface area contributed by atoms with E-state index >= 15 is 0 Å². The van der Waals surface area contributed by atoms with E-state index in [4.69, 9.17) is 14.2 Å². The number of methoxy groups -OCH3 is 3. The van der Waals surface area contributed by atoms with E-state index in [1.54, 1.807) is 18.2 Å². The SMILES string of the molecule is COc1cc(C(=O)C(=Cc2c[nH]c3cc(C)ccc23)SCC(O)CO)cc(OC)c1OC. The van der Waals surface area contributed by atoms with E-state index in [-0.39, 0.29) is 18.1 Å². The summed E-state index contributed by atoms with van der Waals surface area (Å²) in [5.74, 6) is 1.04. The zero-order valence-corrected chi connectivity index (χ0v) is 19.3. The number of H-pyrrole nitrogens is 1. The number of ketones is 1. The summed E-state index contributed by atoms with van der Waals surface area (Å²) in [4.78, 5) is 17.1. The van der Waals surface area contributed by atoms with Gasteiger partial charge in [0.15, 0.2) is 17.3 Å². The lowest BCUT2D eigenvalue weighted by molar-refractivity contribution is 0.104. The molecule has 0 aliphatic heterocycles. The number of carbonyl (C=O) groups is 1. The van der Waals surface area contributed by atoms with Crippen LogP contribution in [0.4, 0.5) is 0 Å². The molecule has 0 saturated heterocycles. The molecule has 0 saturated carbocycles. The summed E-state index contributed by atoms with van der Waals surface area (Å²) in [6, 6.07) is 9.24. The number of benzene rings is 2. The van der Waals surface area contributed by atoms with Gasteiger partial charge >= 0.3 is 0 Å². The van der Waals surface area contributed by atoms with Crippen LogP contribution in [0.3, 0.4) is 0 Å². The van der Waals surface area contributed by atoms with Crippen molar-refractivity contribution in [2.75, 3.05) is 33.7 Å². The molecule has 1 heterocycles. The van der Waals surface area contributed by atoms with Crippen molar-refractivity contribution >= 4 is 34.5 Å². The molecule has 0 fully saturated rings. The van der Waals surface area contributed by atoms with Crippen LogP contribution in [0.15, 0.2) is 41.4 Å². The molecule has 0 aliphatic rings. The number of hydrogen-bond donors (Lipinski definition) is 3. The first-order valence-electron chi connectivity index (χ1n) is 9.97. The van der Waals surface area contributed by atoms with Gasteiger partial charge in [0.1, 0.15) is 0 Å². The van der Waals surface area contributed by atoms with Gasteiger partial charge in [0, 0.05) is 34.0 Å². The van der Waals surface area contributed by atoms with Gasteiger partial charge in [-0.15, -0.1) is 11.8 Å². The van der Waals surface area contributed by atoms with Gasteiger partial charge in [0.25, 0.3) is 0 Å². The first-order chi connectivity index (χ1) is 15.4. The molecule has 8 heteroatoms. The number of allylic oxidation sites excluding steroid dienone is 1. The number of aromatic amines is 1. The molecule has 2 aromatic carbocycles. The molecule has 1 atom stereocenters. The average molecular weight is 458 g/mol. The second kappa shape index (κ2) is 10.6. The first kappa shape index (κ1) is 23.7. The number of fused-ring (bicyclic) bond motifs is 1. The Hall–Kier alpha value is -2.94. The molecular formula is C24H27NO6S. The first-order valence-corrected chi connectivity index (χ1v) is 11.0. The van der Waals surface area contributed by atoms with Gasteiger partial charge in [0.2, 0.25) is 5.75 Å². The number of carbonyl (C=O) groups excluding carboxylic acids is 1. The highest BCUT2D eigenvalue weighted by atomic mass is 32.2. The van der Waals surface area contributed by atoms with Crippen molar-refractivity contribution in [1.82, 2.24) is 4.98 Å². The Morgan fingerprint density at radius 1 is 1.12 bits per heavy atom. The Balaban J connectivity index is 2.07. The maximum absolute atomic E-state index is 13.5. The highest BCUT2D eigenvalue weighted by Gasteiger charge is 2.21. The van der Waals surface area contributed by atoms with E-state index < -0.39 is 6.10 Å². The number of hydrogen-bond acceptors (Lipinski definition) is 7. The number of aliphatic hydroxyl groups excluding tert-OH is 2. The van der Waals surface area contributed by atoms with Crippen LogP contribution < -0.4 is 14.2 Å². The Morgan fingerprint density at radius 2 is 1.81 bits per heavy atom. The van der Waals surface area contributed by atoms with Crippen molar-refractivity contribution in [2.45, 2.75) is 13.0 Å². The van der Waals surface area contributed by atoms with Gasteiger partial charge in [-0.3, -0.25) is 4.79 Å². The van der Waals surface area contributed by atoms with Crippen LogP contribution in [0.2, 0.25) is 0 Å². The predicted octanol–water partition coefficient (Wildman–Crippen LogP) is 3.81. The van der Waals surface area contributed by atoms with Crippen molar-refractivity contribution in [3.63, 3.8) is 0 Å². The summed E-state index contributed by atoms with van der Waals surface area (Å²) in [5.41, 5.74) is 3.30. The quantitative estimate of drug-likeness (QED) is 0.314. The third-order valence-corrected chi connectivity index (χ3v) is 6.11. The topological polar surface area (TPSA) is 101 Å². The molecule has 1 unspecified atom stereocenters. The van der Waals surface area contributed by atoms with Crippen LogP contribution in [-0.2, 0) is 0 Å². The number of Topliss-reactive ketones (excluding diaryl/α,β-unsaturated/α-hetero) is 1. The van der Waals surface area contributed by atoms with Crippen LogP contribution in [0.25, 0.3) is 17.0 Å². The van der Waals surface area contributed by atoms with Crippen LogP contribution in [-0.4, -0.2) is 60.8 Å². The maximum atomic E-state index is 13.5. The Morgan fingerprint density at radius 3 is 2.41 bits per heavy atom. The minimum absolute atomic E-state index is 0.167. The number of aromatic nitrogens is 1. The minimum atomic E-state index is -0.943. The fourth-order valence-corrected chi connectivity index (χ4v) is 4.23. The fraction of sp³-hybridized carbons (Fsp3) is 0.292. The van der Waals surface area contributed by atoms with Crippen LogP contribution in [0, 0.1) is 6.92 Å². The maximum Gasteiger partial charge on any atom is 0.203 e. The van der Waals surface area contributed by atoms with E-state index in [1.165, 1.54) is 33.1 Å². The van der Waals surface area contributed by atoms with Crippen molar-refractivity contribution in [2.24, 2.45) is 0 Å². The molecule has 0 aliphatic carbocycles. The molecular weight excluding hydrogens is 430 g/mol. The van der Waals surface area contributed by atoms with Crippen molar-refractivity contribution < 1.29 is 29.2 Å². The third-order valence-electron chi connectivity index (χ3n) is 4.95. The number of nitrogens with one attached hydrogen (secondary N) is 1. The number of aliphatic hydroxyl groups is 2. The van der Waals surface area contributed by atoms with Crippen LogP contribution in [0.5, 0.6) is 17.2 Å². The van der Waals surface area contributed by atoms with Gasteiger partial charge in [-0.2, -0.15) is 0 Å². The predicted molar refractivity (Wildman–Crippen MR) is 127 cm³/mol. The summed E-state index contributed by atoms with van der Waals surface area (Å²) in [6.07, 6.45) is 2.69. The number of rotatable bonds is 10. The molecule has 3 N–H and O–H groups in total. The van der Waals surface area contributed by atoms with Gasteiger partial charge in [-0.25, -0.2) is 0 Å². The number of thioether (sulfide) groups is 1. The molecule has 0 spiro atoms. The smallest absolute Gasteiger partial charge is 0.203 e. The monoisotopic (exact) mass is 457 g/mol. The zero-order valence-electron chi connectivity index (χ0n) is 18.5. The van der Waals surface area contributed by atoms with Crippen molar-refractivity contribution in [3.8, 4) is 17.2 Å². The lowest BCUT2D eigenvalue weighted by Crippen LogP contribution is -2.16. The molecule has 3 rings (SSSR count). The third kappa shape index (κ3) is 5.09. The van der Waals surface area contributed by atoms with Gasteiger partial charge < -0.3 is 29.4 Å². The lowest BCUT2D eigenvalue weighted by Gasteiger charge is -2.15. The summed E-state index contributed by atoms with van der Waals surface area (Å²) < 4.78 is 16.1. The van der Waals surface area contributed by atoms with Gasteiger partial charge in [-0.05, 0) is 36.8 Å². The Kier molecular flexibility index (Phi) is 7.84. The van der Waals surface area contributed by atoms with Gasteiger partial charge in [0.05, 0.1) is 38.9 Å². The summed E-state index contributed by atoms with van der Waals surface area (Å²) in [5, 5.41) is 20.0. The zero-order chi connectivity index (χ0) is 23.3. The molecule has 0 radical (unpaired) electrons. The van der Waals surface area contributed by atoms with Gasteiger partial charge in [-0.1, -0.05) is 12.1 Å². The number of ether oxygens (including phenoxy) is 3. The molecule has 0 bridgehead atoms. The second-order valence-electron chi connectivity index (χ2n) is 7.19. The Bertz CT molecular complexity index is 1110. The van der Waals surface area contributed by atoms with E-state index in [2.05, 4.69) is 4.98 Å². The van der Waals surface area contributed by atoms with Crippen molar-refractivity contribution in [1.29, 1.82) is 0 Å². The second-order valence-corrected chi connectivity index (χ2v) is 8.25. The highest BCUT2D eigenvalue weighted by Crippen LogP contribution is 2.39. The fourth-order valence-electron chi connectivity index (χ4n) is 3.29. The number of aryl methyl sites for hydroxylation is 1. The summed E-state index contributed by atoms with van der Waals surface area (Å²) in [7, 11) is 4.48. The molecule has 3 aromatic rings. The normalized spacial score (nSPS) is 12.6. The van der Waals surface area contributed by atoms with Crippen molar-refractivity contribution in [3.05, 3.63) is 58.1 Å². The van der Waals surface area contributed by atoms with E-state index in [0.29, 0.717) is 27.7 Å². The largest absolute Gasteiger partial charge is 0.493 e. The van der Waals surface area contributed by atoms with E-state index in [0.717, 1.165) is 22.0 Å². The van der Waals surface area contributed by atoms with E-state index in [9.17, 15) is 15.0 Å². The van der Waals surface area contributed by atoms with Crippen LogP contribution >= 0.6 is 11.8 Å². The molecule has 32 heavy (non-hydrogen) atoms. The molecule has 0 amide bonds. The summed E-state index contributed by atoms with van der Waals surface area (Å²) >= 11 is 1.18. The molecule has 1 aromatic heterocycles. The standard InChI is InChI=1S/C24H27NO6S/c1-14-5-6-18-16(11-25-19(18)7-14)10-22(32-13-17(27)12-26)23(28)15-8-20(29-2)24(31-4)21(9-15)30-3/h5-11,17,25-27H,12-13H2,1-4H3. The molecule has 170 valence electrons. The molecule has 7 nitrogen and oxygen atoms in total. The lowest BCUT2D eigenvalue weighted by atomic mass is 10.1. The van der Waals surface area contributed by atoms with Crippen LogP contribution in [0.1, 0.15) is 21.5 Å². The van der Waals surface area contributed by atoms with E-state index in [1.807, 2.05) is 31.3 Å². The average Bonchev–Trinajstić information content (AvgIpc) is 3.21.